The van der Waals surface area contributed by atoms with Crippen LogP contribution in [0.5, 0.6) is 0 Å². The van der Waals surface area contributed by atoms with Crippen molar-refractivity contribution in [2.45, 2.75) is 19.8 Å². The summed E-state index contributed by atoms with van der Waals surface area (Å²) in [4.78, 5) is 0. The molecule has 0 saturated heterocycles. The fourth-order valence-electron chi connectivity index (χ4n) is 3.56. The summed E-state index contributed by atoms with van der Waals surface area (Å²) in [5.41, 5.74) is 4.53. The molecule has 0 atom stereocenters. The second-order valence-electron chi connectivity index (χ2n) is 7.07. The third-order valence-electron chi connectivity index (χ3n) is 5.07. The van der Waals surface area contributed by atoms with E-state index in [4.69, 9.17) is 0 Å². The van der Waals surface area contributed by atoms with Gasteiger partial charge in [-0.25, -0.2) is 17.6 Å². The average molecular weight is 394 g/mol. The number of aryl methyl sites for hydroxylation is 1. The van der Waals surface area contributed by atoms with E-state index in [1.54, 1.807) is 0 Å². The third kappa shape index (κ3) is 3.63. The molecule has 4 aromatic carbocycles. The zero-order valence-corrected chi connectivity index (χ0v) is 15.8. The fraction of sp³-hybridized carbons (Fsp3) is 0.120. The molecule has 0 aromatic heterocycles. The molecule has 0 aliphatic carbocycles. The van der Waals surface area contributed by atoms with E-state index < -0.39 is 28.7 Å². The van der Waals surface area contributed by atoms with Gasteiger partial charge < -0.3 is 0 Å². The standard InChI is InChI=1S/C25H18F4/c1-2-3-15-4-6-16(7-5-15)17-8-10-18(11-9-17)19-12-20-14-22(27)24(28)25(29)23(20)21(26)13-19/h4-14H,2-3H2,1H3. The van der Waals surface area contributed by atoms with E-state index >= 15 is 0 Å². The lowest BCUT2D eigenvalue weighted by Crippen LogP contribution is -1.95. The van der Waals surface area contributed by atoms with Crippen molar-refractivity contribution in [3.8, 4) is 22.3 Å². The second kappa shape index (κ2) is 7.70. The molecule has 0 amide bonds. The number of fused-ring (bicyclic) bond motifs is 1. The lowest BCUT2D eigenvalue weighted by molar-refractivity contribution is 0.451. The Labute approximate surface area is 166 Å². The Morgan fingerprint density at radius 2 is 1.14 bits per heavy atom. The Morgan fingerprint density at radius 1 is 0.586 bits per heavy atom. The first-order valence-corrected chi connectivity index (χ1v) is 9.44. The molecule has 4 rings (SSSR count). The Hall–Kier alpha value is -3.14. The Bertz CT molecular complexity index is 1180. The number of rotatable bonds is 4. The SMILES string of the molecule is CCCc1ccc(-c2ccc(-c3cc(F)c4c(F)c(F)c(F)cc4c3)cc2)cc1. The number of halogens is 4. The number of hydrogen-bond acceptors (Lipinski definition) is 0. The van der Waals surface area contributed by atoms with E-state index in [0.29, 0.717) is 11.1 Å². The molecule has 29 heavy (non-hydrogen) atoms. The summed E-state index contributed by atoms with van der Waals surface area (Å²) in [6, 6.07) is 19.2. The van der Waals surface area contributed by atoms with E-state index in [2.05, 4.69) is 31.2 Å². The van der Waals surface area contributed by atoms with Crippen molar-refractivity contribution in [3.05, 3.63) is 95.6 Å². The molecule has 0 unspecified atom stereocenters. The van der Waals surface area contributed by atoms with Gasteiger partial charge in [0.15, 0.2) is 17.5 Å². The first kappa shape index (κ1) is 19.2. The molecule has 4 aromatic rings. The van der Waals surface area contributed by atoms with Crippen molar-refractivity contribution in [2.75, 3.05) is 0 Å². The molecule has 0 heterocycles. The Kier molecular flexibility index (Phi) is 5.10. The minimum Gasteiger partial charge on any atom is -0.206 e. The fourth-order valence-corrected chi connectivity index (χ4v) is 3.56. The largest absolute Gasteiger partial charge is 0.206 e. The normalized spacial score (nSPS) is 11.2. The minimum absolute atomic E-state index is 0.0213. The van der Waals surface area contributed by atoms with Gasteiger partial charge in [-0.3, -0.25) is 0 Å². The molecule has 4 heteroatoms. The van der Waals surface area contributed by atoms with Crippen molar-refractivity contribution in [3.63, 3.8) is 0 Å². The highest BCUT2D eigenvalue weighted by molar-refractivity contribution is 5.89. The van der Waals surface area contributed by atoms with Crippen LogP contribution in [0.3, 0.4) is 0 Å². The van der Waals surface area contributed by atoms with E-state index in [-0.39, 0.29) is 5.39 Å². The topological polar surface area (TPSA) is 0 Å². The molecule has 0 aliphatic heterocycles. The molecule has 0 N–H and O–H groups in total. The van der Waals surface area contributed by atoms with Gasteiger partial charge in [0.2, 0.25) is 0 Å². The van der Waals surface area contributed by atoms with Gasteiger partial charge in [0.25, 0.3) is 0 Å². The highest BCUT2D eigenvalue weighted by atomic mass is 19.2. The lowest BCUT2D eigenvalue weighted by atomic mass is 9.97. The first-order valence-electron chi connectivity index (χ1n) is 9.44. The summed E-state index contributed by atoms with van der Waals surface area (Å²) < 4.78 is 55.3. The molecular weight excluding hydrogens is 376 g/mol. The highest BCUT2D eigenvalue weighted by Crippen LogP contribution is 2.32. The van der Waals surface area contributed by atoms with Crippen LogP contribution in [0.25, 0.3) is 33.0 Å². The van der Waals surface area contributed by atoms with Crippen LogP contribution in [-0.2, 0) is 6.42 Å². The van der Waals surface area contributed by atoms with E-state index in [9.17, 15) is 17.6 Å². The van der Waals surface area contributed by atoms with Crippen LogP contribution in [0, 0.1) is 23.3 Å². The molecule has 0 fully saturated rings. The molecule has 0 radical (unpaired) electrons. The van der Waals surface area contributed by atoms with Crippen molar-refractivity contribution >= 4 is 10.8 Å². The quantitative estimate of drug-likeness (QED) is 0.246. The Morgan fingerprint density at radius 3 is 1.72 bits per heavy atom. The van der Waals surface area contributed by atoms with Crippen molar-refractivity contribution in [1.82, 2.24) is 0 Å². The zero-order valence-electron chi connectivity index (χ0n) is 15.8. The smallest absolute Gasteiger partial charge is 0.195 e. The zero-order chi connectivity index (χ0) is 20.5. The average Bonchev–Trinajstić information content (AvgIpc) is 2.72. The van der Waals surface area contributed by atoms with Gasteiger partial charge in [-0.2, -0.15) is 0 Å². The minimum atomic E-state index is -1.67. The van der Waals surface area contributed by atoms with Gasteiger partial charge in [-0.15, -0.1) is 0 Å². The van der Waals surface area contributed by atoms with Crippen LogP contribution < -0.4 is 0 Å². The summed E-state index contributed by atoms with van der Waals surface area (Å²) in [6.45, 7) is 2.14. The van der Waals surface area contributed by atoms with Gasteiger partial charge in [0.1, 0.15) is 5.82 Å². The van der Waals surface area contributed by atoms with Gasteiger partial charge in [0, 0.05) is 0 Å². The summed E-state index contributed by atoms with van der Waals surface area (Å²) in [6.07, 6.45) is 2.13. The molecule has 0 spiro atoms. The van der Waals surface area contributed by atoms with Crippen LogP contribution in [0.15, 0.2) is 66.7 Å². The molecular formula is C25H18F4. The van der Waals surface area contributed by atoms with Crippen LogP contribution in [0.4, 0.5) is 17.6 Å². The second-order valence-corrected chi connectivity index (χ2v) is 7.07. The first-order chi connectivity index (χ1) is 14.0. The third-order valence-corrected chi connectivity index (χ3v) is 5.07. The number of hydrogen-bond donors (Lipinski definition) is 0. The molecule has 0 saturated carbocycles. The molecule has 0 bridgehead atoms. The van der Waals surface area contributed by atoms with E-state index in [0.717, 1.165) is 36.1 Å². The van der Waals surface area contributed by atoms with Crippen molar-refractivity contribution < 1.29 is 17.6 Å². The van der Waals surface area contributed by atoms with Crippen molar-refractivity contribution in [2.24, 2.45) is 0 Å². The Balaban J connectivity index is 1.70. The maximum Gasteiger partial charge on any atom is 0.195 e. The predicted molar refractivity (Wildman–Crippen MR) is 109 cm³/mol. The van der Waals surface area contributed by atoms with Crippen LogP contribution in [0.2, 0.25) is 0 Å². The predicted octanol–water partition coefficient (Wildman–Crippen LogP) is 7.68. The number of benzene rings is 4. The molecule has 146 valence electrons. The van der Waals surface area contributed by atoms with E-state index in [1.165, 1.54) is 11.6 Å². The van der Waals surface area contributed by atoms with Gasteiger partial charge in [-0.1, -0.05) is 61.9 Å². The summed E-state index contributed by atoms with van der Waals surface area (Å²) in [5, 5.41) is -0.566. The van der Waals surface area contributed by atoms with Crippen LogP contribution >= 0.6 is 0 Å². The van der Waals surface area contributed by atoms with Crippen LogP contribution in [0.1, 0.15) is 18.9 Å². The maximum atomic E-state index is 14.4. The lowest BCUT2D eigenvalue weighted by Gasteiger charge is -2.09. The van der Waals surface area contributed by atoms with E-state index in [1.807, 2.05) is 24.3 Å². The van der Waals surface area contributed by atoms with Crippen LogP contribution in [-0.4, -0.2) is 0 Å². The van der Waals surface area contributed by atoms with Gasteiger partial charge in [-0.05, 0) is 57.8 Å². The van der Waals surface area contributed by atoms with Crippen molar-refractivity contribution in [1.29, 1.82) is 0 Å². The summed E-state index contributed by atoms with van der Waals surface area (Å²) >= 11 is 0. The summed E-state index contributed by atoms with van der Waals surface area (Å²) in [5.74, 6) is -5.44. The van der Waals surface area contributed by atoms with Gasteiger partial charge in [0.05, 0.1) is 5.39 Å². The van der Waals surface area contributed by atoms with Gasteiger partial charge >= 0.3 is 0 Å². The highest BCUT2D eigenvalue weighted by Gasteiger charge is 2.18. The molecule has 0 aliphatic rings. The summed E-state index contributed by atoms with van der Waals surface area (Å²) in [7, 11) is 0. The monoisotopic (exact) mass is 394 g/mol. The maximum absolute atomic E-state index is 14.4. The molecule has 0 nitrogen and oxygen atoms in total.